The second-order valence-electron chi connectivity index (χ2n) is 30.5. The molecule has 2 aliphatic rings. The van der Waals surface area contributed by atoms with Crippen molar-refractivity contribution in [3.05, 3.63) is 161 Å². The van der Waals surface area contributed by atoms with E-state index in [9.17, 15) is 28.8 Å². The fraction of sp³-hybridized carbons (Fsp3) is 0.607. The van der Waals surface area contributed by atoms with E-state index >= 15 is 0 Å². The number of benzene rings is 1. The van der Waals surface area contributed by atoms with Crippen molar-refractivity contribution >= 4 is 67.5 Å². The number of unbranched alkanes of at least 4 members (excludes halogenated alkanes) is 1. The number of hydrogen-bond acceptors (Lipinski definition) is 8. The molecule has 24 heteroatoms. The molecule has 2 fully saturated rings. The monoisotopic (exact) mass is 1850 g/mol. The first-order valence-electron chi connectivity index (χ1n) is 36.3. The van der Waals surface area contributed by atoms with Crippen LogP contribution in [0.2, 0.25) is 0 Å². The number of rotatable bonds is 18. The molecule has 108 heavy (non-hydrogen) atoms. The smallest absolute Gasteiger partial charge is 0.483 e. The predicted molar refractivity (Wildman–Crippen MR) is 452 cm³/mol. The number of aromatic nitrogens is 2. The average Bonchev–Trinajstić information content (AvgIpc) is 0.824. The molecule has 2 aliphatic carbocycles. The molecule has 0 saturated heterocycles. The number of carbonyl (C=O) groups is 6. The van der Waals surface area contributed by atoms with Crippen LogP contribution in [0.15, 0.2) is 73.1 Å². The van der Waals surface area contributed by atoms with Crippen molar-refractivity contribution in [2.75, 3.05) is 24.6 Å². The molecule has 6 N–H and O–H groups in total. The molecule has 14 nitrogen and oxygen atoms in total. The molecule has 2 saturated carbocycles. The topological polar surface area (TPSA) is 250 Å². The van der Waals surface area contributed by atoms with E-state index in [0.717, 1.165) is 42.4 Å². The first-order chi connectivity index (χ1) is 47.0. The van der Waals surface area contributed by atoms with Gasteiger partial charge in [0.05, 0.1) is 48.4 Å². The molecule has 0 aliphatic heterocycles. The summed E-state index contributed by atoms with van der Waals surface area (Å²) in [6.45, 7) is 81.1. The van der Waals surface area contributed by atoms with E-state index in [4.69, 9.17) is 30.6 Å². The zero-order valence-corrected chi connectivity index (χ0v) is 79.4. The summed E-state index contributed by atoms with van der Waals surface area (Å²) < 4.78 is 0. The maximum absolute atomic E-state index is 9.31. The van der Waals surface area contributed by atoms with Crippen molar-refractivity contribution in [2.24, 2.45) is 0 Å². The van der Waals surface area contributed by atoms with E-state index in [2.05, 4.69) is 217 Å². The molecule has 3 aromatic rings. The number of hydrogen-bond donors (Lipinski definition) is 6. The Labute approximate surface area is 728 Å². The molecule has 0 atom stereocenters. The number of aliphatic carboxylic acids is 6. The molecule has 0 spiro atoms. The van der Waals surface area contributed by atoms with E-state index in [1.54, 1.807) is 38.1 Å². The third-order valence-electron chi connectivity index (χ3n) is 15.4. The van der Waals surface area contributed by atoms with Gasteiger partial charge in [-0.1, -0.05) is 75.7 Å². The van der Waals surface area contributed by atoms with Gasteiger partial charge in [-0.2, -0.15) is 6.42 Å². The van der Waals surface area contributed by atoms with Gasteiger partial charge >= 0.3 is 98.9 Å². The van der Waals surface area contributed by atoms with Crippen LogP contribution in [0.4, 0.5) is 0 Å². The summed E-state index contributed by atoms with van der Waals surface area (Å²) in [6.07, 6.45) is 29.8. The SMILES string of the molecule is [CH2-]CC(=O)O.[CH2-]CC(=O)O.[CH2-]CC(=O)O.[CH2-]CC(=O)O.[CH2-]CC(=O)O.[CH2-]CC(=O)O.[CH2-]CCC[PH+](C(C)(C)C)C(C)(C)C.[CH2-]CC[PH+](C(C)(C)C)C(C)(C)C.[CH2-]CC[PH+](C1CCCCC1)C1CCCCC1.[CH2-]C[PH+](C(C)(C)C)C(C)(C)C.[CH2-]Cc1ccccn1.[Ni+2].[Ni+2].[Ni+2].[Ni+2].[Ni+2].[Ni+2].[c-]1ccccc1-c1ccccn1. The van der Waals surface area contributed by atoms with Crippen LogP contribution in [-0.4, -0.2) is 143 Å². The number of carboxylic acid groups (broad SMARTS) is 6. The molecule has 1 aromatic carbocycles. The van der Waals surface area contributed by atoms with Crippen molar-refractivity contribution in [1.29, 1.82) is 0 Å². The van der Waals surface area contributed by atoms with Gasteiger partial charge in [0.25, 0.3) is 35.8 Å². The second-order valence-corrected chi connectivity index (χ2v) is 47.2. The van der Waals surface area contributed by atoms with Gasteiger partial charge < -0.3 is 112 Å². The second kappa shape index (κ2) is 81.2. The van der Waals surface area contributed by atoms with Crippen molar-refractivity contribution < 1.29 is 158 Å². The van der Waals surface area contributed by atoms with E-state index in [-0.39, 0.29) is 169 Å². The zero-order valence-electron chi connectivity index (χ0n) is 69.5. The van der Waals surface area contributed by atoms with Crippen LogP contribution < -0.4 is 0 Å². The summed E-state index contributed by atoms with van der Waals surface area (Å²) in [6, 6.07) is 22.7. The van der Waals surface area contributed by atoms with Gasteiger partial charge in [-0.25, -0.2) is 0 Å². The van der Waals surface area contributed by atoms with Crippen LogP contribution in [0.25, 0.3) is 11.3 Å². The van der Waals surface area contributed by atoms with Gasteiger partial charge in [0.15, 0.2) is 0 Å². The molecular formula is C84H150N2Ni6O12P4+4. The third kappa shape index (κ3) is 89.0. The van der Waals surface area contributed by atoms with Gasteiger partial charge in [0.2, 0.25) is 0 Å². The molecule has 2 aromatic heterocycles. The van der Waals surface area contributed by atoms with Crippen LogP contribution in [0, 0.1) is 82.2 Å². The van der Waals surface area contributed by atoms with Gasteiger partial charge in [-0.05, 0) is 214 Å². The van der Waals surface area contributed by atoms with Crippen LogP contribution in [0.3, 0.4) is 0 Å². The molecule has 0 bridgehead atoms. The van der Waals surface area contributed by atoms with E-state index < -0.39 is 35.8 Å². The number of pyridine rings is 2. The molecular weight excluding hydrogens is 1700 g/mol. The molecule has 0 unspecified atom stereocenters. The normalized spacial score (nSPS) is 12.2. The number of carboxylic acids is 6. The van der Waals surface area contributed by atoms with E-state index in [1.807, 2.05) is 60.7 Å². The summed E-state index contributed by atoms with van der Waals surface area (Å²) in [7, 11) is -0.953. The van der Waals surface area contributed by atoms with Crippen molar-refractivity contribution in [1.82, 2.24) is 9.97 Å². The number of nitrogens with zero attached hydrogens (tertiary/aromatic N) is 2. The summed E-state index contributed by atoms with van der Waals surface area (Å²) in [5, 5.41) is 49.0. The Morgan fingerprint density at radius 2 is 0.667 bits per heavy atom. The summed E-state index contributed by atoms with van der Waals surface area (Å²) in [5.74, 6) is -5.14. The first kappa shape index (κ1) is 136. The maximum atomic E-state index is 9.31. The predicted octanol–water partition coefficient (Wildman–Crippen LogP) is 22.9. The Morgan fingerprint density at radius 1 is 0.380 bits per heavy atom. The molecule has 2 heterocycles. The summed E-state index contributed by atoms with van der Waals surface area (Å²) in [4.78, 5) is 64.1. The van der Waals surface area contributed by atoms with Gasteiger partial charge in [-0.15, -0.1) is 55.2 Å². The Balaban J connectivity index is -0.0000000844. The van der Waals surface area contributed by atoms with Gasteiger partial charge in [0.1, 0.15) is 0 Å². The first-order valence-corrected chi connectivity index (χ1v) is 43.3. The van der Waals surface area contributed by atoms with Crippen molar-refractivity contribution in [2.45, 2.75) is 302 Å². The third-order valence-corrected chi connectivity index (χ3v) is 32.7. The Bertz CT molecular complexity index is 2280. The summed E-state index contributed by atoms with van der Waals surface area (Å²) in [5.41, 5.74) is 5.40. The van der Waals surface area contributed by atoms with Crippen molar-refractivity contribution in [3.63, 3.8) is 0 Å². The fourth-order valence-corrected chi connectivity index (χ4v) is 28.0. The minimum atomic E-state index is -0.856. The Kier molecular flexibility index (Phi) is 102. The largest absolute Gasteiger partial charge is 2.00 e. The molecule has 0 amide bonds. The molecule has 644 valence electrons. The summed E-state index contributed by atoms with van der Waals surface area (Å²) >= 11 is 0. The molecule has 5 rings (SSSR count). The molecule has 0 radical (unpaired) electrons. The Morgan fingerprint density at radius 3 is 0.852 bits per heavy atom. The quantitative estimate of drug-likeness (QED) is 0.0394. The Hall–Kier alpha value is -0.979. The van der Waals surface area contributed by atoms with Crippen LogP contribution in [0.5, 0.6) is 0 Å². The fourth-order valence-electron chi connectivity index (χ4n) is 11.6. The average molecular weight is 1860 g/mol. The van der Waals surface area contributed by atoms with Gasteiger partial charge in [-0.3, -0.25) is 33.8 Å². The minimum absolute atomic E-state index is 0. The zero-order chi connectivity index (χ0) is 80.9. The van der Waals surface area contributed by atoms with E-state index in [1.165, 1.54) is 81.2 Å². The van der Waals surface area contributed by atoms with Crippen LogP contribution in [-0.2, 0) is 134 Å². The maximum Gasteiger partial charge on any atom is 2.00 e. The van der Waals surface area contributed by atoms with Crippen LogP contribution in [0.1, 0.15) is 259 Å². The van der Waals surface area contributed by atoms with Gasteiger partial charge in [0, 0.05) is 54.2 Å². The minimum Gasteiger partial charge on any atom is -0.483 e. The van der Waals surface area contributed by atoms with E-state index in [0.29, 0.717) is 30.9 Å². The van der Waals surface area contributed by atoms with Crippen molar-refractivity contribution in [3.8, 4) is 11.3 Å². The standard InChI is InChI=1S/C15H28P.C12H26P.C11H8N.C11H24P.C10H22P.C7H8N.6C3H5O2.6Ni/c1-2-13-16(14-9-5-3-6-10-14)15-11-7-4-8-12-15;1-8-9-10-13(11(2,3)4)12(5,6)7;1-2-6-10(7-3-1)11-8-4-5-9-12-11;1-8-9-12(10(2,3)4)11(5,6)7;1-8-11(9(2,3)4)10(5,6)7;1-2-7-5-3-4-6-8-7;6*1-2-3(4)5;;;;;;/h14-15H,1-13H2;1,8-10H2,2-7H3;1-6,8-9H;1,8-9H2,2-7H3;1,8H2,2-7H3;3-6H,1-2H2;6*1-2H2,(H,4,5);;;;;;/q12*-1;6*+2/p+4. The van der Waals surface area contributed by atoms with Crippen LogP contribution >= 0.6 is 31.7 Å².